The molecule has 0 aliphatic heterocycles. The number of aliphatic hydroxyl groups excluding tert-OH is 1. The van der Waals surface area contributed by atoms with E-state index in [0.717, 1.165) is 44.5 Å². The van der Waals surface area contributed by atoms with E-state index in [-0.39, 0.29) is 12.4 Å². The minimum Gasteiger partial charge on any atom is -0.492 e. The molecule has 0 saturated carbocycles. The first kappa shape index (κ1) is 17.3. The molecule has 0 bridgehead atoms. The summed E-state index contributed by atoms with van der Waals surface area (Å²) >= 11 is 0. The summed E-state index contributed by atoms with van der Waals surface area (Å²) in [4.78, 5) is 0. The van der Waals surface area contributed by atoms with E-state index in [1.165, 1.54) is 0 Å². The molecule has 1 aromatic rings. The molecular formula is C15H25N3O3. The lowest BCUT2D eigenvalue weighted by Crippen LogP contribution is -2.22. The lowest BCUT2D eigenvalue weighted by Gasteiger charge is -2.08. The van der Waals surface area contributed by atoms with Crippen LogP contribution in [0.2, 0.25) is 0 Å². The summed E-state index contributed by atoms with van der Waals surface area (Å²) in [6.45, 7) is 2.65. The Morgan fingerprint density at radius 1 is 1.10 bits per heavy atom. The topological polar surface area (TPSA) is 100 Å². The van der Waals surface area contributed by atoms with Gasteiger partial charge in [0.05, 0.1) is 0 Å². The highest BCUT2D eigenvalue weighted by Crippen LogP contribution is 2.11. The number of benzene rings is 1. The molecule has 0 aromatic heterocycles. The zero-order valence-electron chi connectivity index (χ0n) is 12.3. The summed E-state index contributed by atoms with van der Waals surface area (Å²) in [5.74, 6) is 0.846. The minimum absolute atomic E-state index is 0.0874. The van der Waals surface area contributed by atoms with Crippen molar-refractivity contribution in [1.29, 1.82) is 0 Å². The van der Waals surface area contributed by atoms with Crippen LogP contribution in [-0.4, -0.2) is 42.5 Å². The third-order valence-corrected chi connectivity index (χ3v) is 3.07. The second kappa shape index (κ2) is 10.9. The standard InChI is InChI=1S/C15H25N3O3/c16-15(18-20)13-5-7-14(8-6-13)21-12-10-17-9-3-1-2-4-11-19/h5-8,17,19-20H,1-4,9-12H2,(H2,16,18). The van der Waals surface area contributed by atoms with Gasteiger partial charge >= 0.3 is 0 Å². The Kier molecular flexibility index (Phi) is 8.99. The number of hydrogen-bond acceptors (Lipinski definition) is 5. The quantitative estimate of drug-likeness (QED) is 0.162. The van der Waals surface area contributed by atoms with Crippen LogP contribution in [-0.2, 0) is 0 Å². The summed E-state index contributed by atoms with van der Waals surface area (Å²) in [6.07, 6.45) is 4.24. The molecule has 5 N–H and O–H groups in total. The highest BCUT2D eigenvalue weighted by atomic mass is 16.5. The monoisotopic (exact) mass is 295 g/mol. The van der Waals surface area contributed by atoms with Crippen LogP contribution < -0.4 is 15.8 Å². The zero-order chi connectivity index (χ0) is 15.3. The number of nitrogens with zero attached hydrogens (tertiary/aromatic N) is 1. The summed E-state index contributed by atoms with van der Waals surface area (Å²) in [5.41, 5.74) is 6.14. The first-order valence-corrected chi connectivity index (χ1v) is 7.30. The Bertz CT molecular complexity index is 407. The molecule has 1 rings (SSSR count). The number of aliphatic hydroxyl groups is 1. The average molecular weight is 295 g/mol. The molecular weight excluding hydrogens is 270 g/mol. The highest BCUT2D eigenvalue weighted by Gasteiger charge is 1.99. The van der Waals surface area contributed by atoms with Crippen molar-refractivity contribution in [2.24, 2.45) is 10.9 Å². The van der Waals surface area contributed by atoms with Gasteiger partial charge in [0.1, 0.15) is 12.4 Å². The van der Waals surface area contributed by atoms with Gasteiger partial charge in [-0.2, -0.15) is 0 Å². The second-order valence-electron chi connectivity index (χ2n) is 4.75. The number of unbranched alkanes of at least 4 members (excludes halogenated alkanes) is 3. The normalized spacial score (nSPS) is 11.6. The van der Waals surface area contributed by atoms with Crippen molar-refractivity contribution in [3.05, 3.63) is 29.8 Å². The molecule has 0 amide bonds. The Balaban J connectivity index is 2.08. The summed E-state index contributed by atoms with van der Waals surface area (Å²) in [7, 11) is 0. The number of rotatable bonds is 11. The van der Waals surface area contributed by atoms with Gasteiger partial charge in [-0.3, -0.25) is 0 Å². The molecule has 6 heteroatoms. The van der Waals surface area contributed by atoms with Gasteiger partial charge in [0.25, 0.3) is 0 Å². The molecule has 118 valence electrons. The molecule has 0 saturated heterocycles. The van der Waals surface area contributed by atoms with Crippen molar-refractivity contribution in [3.63, 3.8) is 0 Å². The zero-order valence-corrected chi connectivity index (χ0v) is 12.3. The molecule has 0 aliphatic carbocycles. The number of amidine groups is 1. The van der Waals surface area contributed by atoms with Crippen molar-refractivity contribution in [2.75, 3.05) is 26.3 Å². The fourth-order valence-electron chi connectivity index (χ4n) is 1.86. The third kappa shape index (κ3) is 7.53. The van der Waals surface area contributed by atoms with Gasteiger partial charge in [-0.15, -0.1) is 0 Å². The van der Waals surface area contributed by atoms with Gasteiger partial charge in [-0.05, 0) is 43.7 Å². The van der Waals surface area contributed by atoms with E-state index in [2.05, 4.69) is 10.5 Å². The van der Waals surface area contributed by atoms with Crippen LogP contribution in [0, 0.1) is 0 Å². The Hall–Kier alpha value is -1.79. The van der Waals surface area contributed by atoms with Crippen LogP contribution >= 0.6 is 0 Å². The van der Waals surface area contributed by atoms with Gasteiger partial charge in [-0.25, -0.2) is 0 Å². The SMILES string of the molecule is N/C(=N/O)c1ccc(OCCNCCCCCCO)cc1. The van der Waals surface area contributed by atoms with Gasteiger partial charge in [0, 0.05) is 18.7 Å². The molecule has 0 unspecified atom stereocenters. The number of nitrogens with two attached hydrogens (primary N) is 1. The van der Waals surface area contributed by atoms with E-state index in [4.69, 9.17) is 20.8 Å². The molecule has 0 fully saturated rings. The predicted molar refractivity (Wildman–Crippen MR) is 82.9 cm³/mol. The fraction of sp³-hybridized carbons (Fsp3) is 0.533. The molecule has 6 nitrogen and oxygen atoms in total. The second-order valence-corrected chi connectivity index (χ2v) is 4.75. The number of nitrogens with one attached hydrogen (secondary N) is 1. The van der Waals surface area contributed by atoms with Crippen molar-refractivity contribution >= 4 is 5.84 Å². The smallest absolute Gasteiger partial charge is 0.170 e. The molecule has 1 aromatic carbocycles. The van der Waals surface area contributed by atoms with Crippen molar-refractivity contribution < 1.29 is 15.1 Å². The van der Waals surface area contributed by atoms with Crippen LogP contribution in [0.15, 0.2) is 29.4 Å². The number of hydrogen-bond donors (Lipinski definition) is 4. The highest BCUT2D eigenvalue weighted by molar-refractivity contribution is 5.97. The Labute approximate surface area is 125 Å². The Morgan fingerprint density at radius 3 is 2.48 bits per heavy atom. The molecule has 0 spiro atoms. The first-order valence-electron chi connectivity index (χ1n) is 7.30. The maximum atomic E-state index is 8.65. The van der Waals surface area contributed by atoms with Gasteiger partial charge in [-0.1, -0.05) is 18.0 Å². The van der Waals surface area contributed by atoms with Gasteiger partial charge in [0.2, 0.25) is 0 Å². The van der Waals surface area contributed by atoms with Crippen molar-refractivity contribution in [3.8, 4) is 5.75 Å². The maximum Gasteiger partial charge on any atom is 0.170 e. The lowest BCUT2D eigenvalue weighted by atomic mass is 10.2. The van der Waals surface area contributed by atoms with Crippen LogP contribution in [0.25, 0.3) is 0 Å². The maximum absolute atomic E-state index is 8.65. The lowest BCUT2D eigenvalue weighted by molar-refractivity contribution is 0.282. The summed E-state index contributed by atoms with van der Waals surface area (Å²) in [5, 5.41) is 23.5. The van der Waals surface area contributed by atoms with Gasteiger partial charge in [0.15, 0.2) is 5.84 Å². The van der Waals surface area contributed by atoms with Crippen LogP contribution in [0.4, 0.5) is 0 Å². The van der Waals surface area contributed by atoms with E-state index in [1.807, 2.05) is 0 Å². The van der Waals surface area contributed by atoms with E-state index in [1.54, 1.807) is 24.3 Å². The molecule has 21 heavy (non-hydrogen) atoms. The van der Waals surface area contributed by atoms with Crippen molar-refractivity contribution in [2.45, 2.75) is 25.7 Å². The van der Waals surface area contributed by atoms with Crippen LogP contribution in [0.5, 0.6) is 5.75 Å². The number of ether oxygens (including phenoxy) is 1. The van der Waals surface area contributed by atoms with Crippen LogP contribution in [0.1, 0.15) is 31.2 Å². The number of oxime groups is 1. The summed E-state index contributed by atoms with van der Waals surface area (Å²) < 4.78 is 5.58. The van der Waals surface area contributed by atoms with E-state index >= 15 is 0 Å². The molecule has 0 radical (unpaired) electrons. The molecule has 0 aliphatic rings. The van der Waals surface area contributed by atoms with Crippen molar-refractivity contribution in [1.82, 2.24) is 5.32 Å². The minimum atomic E-state index is 0.0874. The average Bonchev–Trinajstić information content (AvgIpc) is 2.53. The van der Waals surface area contributed by atoms with E-state index in [0.29, 0.717) is 12.2 Å². The predicted octanol–water partition coefficient (Wildman–Crippen LogP) is 1.30. The Morgan fingerprint density at radius 2 is 1.81 bits per heavy atom. The fourth-order valence-corrected chi connectivity index (χ4v) is 1.86. The first-order chi connectivity index (χ1) is 10.3. The third-order valence-electron chi connectivity index (χ3n) is 3.07. The molecule has 0 atom stereocenters. The molecule has 0 heterocycles. The largest absolute Gasteiger partial charge is 0.492 e. The van der Waals surface area contributed by atoms with E-state index in [9.17, 15) is 0 Å². The van der Waals surface area contributed by atoms with Gasteiger partial charge < -0.3 is 26.1 Å². The van der Waals surface area contributed by atoms with Crippen LogP contribution in [0.3, 0.4) is 0 Å². The van der Waals surface area contributed by atoms with E-state index < -0.39 is 0 Å². The summed E-state index contributed by atoms with van der Waals surface area (Å²) in [6, 6.07) is 7.09.